The largest absolute Gasteiger partial charge is 0.468 e. The van der Waals surface area contributed by atoms with Gasteiger partial charge in [-0.2, -0.15) is 0 Å². The molecule has 0 saturated carbocycles. The van der Waals surface area contributed by atoms with E-state index in [-0.39, 0.29) is 12.0 Å². The highest BCUT2D eigenvalue weighted by atomic mass is 16.5. The number of carbonyl (C=O) groups excluding carboxylic acids is 1. The number of nitrogens with zero attached hydrogens (tertiary/aromatic N) is 3. The molecule has 6 heteroatoms. The first kappa shape index (κ1) is 12.1. The second-order valence-electron chi connectivity index (χ2n) is 4.14. The molecule has 1 aliphatic rings. The van der Waals surface area contributed by atoms with Crippen molar-refractivity contribution < 1.29 is 9.53 Å². The topological polar surface area (TPSA) is 59.4 Å². The molecule has 0 radical (unpaired) electrons. The summed E-state index contributed by atoms with van der Waals surface area (Å²) in [6, 6.07) is -0.276. The van der Waals surface area contributed by atoms with Crippen molar-refractivity contribution >= 4 is 5.97 Å². The second kappa shape index (κ2) is 5.29. The third-order valence-corrected chi connectivity index (χ3v) is 3.10. The van der Waals surface area contributed by atoms with Gasteiger partial charge >= 0.3 is 5.97 Å². The molecule has 0 spiro atoms. The van der Waals surface area contributed by atoms with E-state index in [0.717, 1.165) is 25.5 Å². The van der Waals surface area contributed by atoms with Gasteiger partial charge in [-0.3, -0.25) is 9.69 Å². The van der Waals surface area contributed by atoms with Gasteiger partial charge < -0.3 is 14.6 Å². The average Bonchev–Trinajstić information content (AvgIpc) is 2.82. The SMILES string of the molecule is CNC(CN1CCn2ccnc2C1)C(=O)OC. The first-order chi connectivity index (χ1) is 8.24. The Morgan fingerprint density at radius 1 is 1.65 bits per heavy atom. The van der Waals surface area contributed by atoms with Crippen LogP contribution in [-0.2, 0) is 22.6 Å². The Kier molecular flexibility index (Phi) is 3.75. The van der Waals surface area contributed by atoms with Crippen molar-refractivity contribution in [3.05, 3.63) is 18.2 Å². The maximum atomic E-state index is 11.5. The van der Waals surface area contributed by atoms with E-state index in [0.29, 0.717) is 6.54 Å². The Bertz CT molecular complexity index is 391. The van der Waals surface area contributed by atoms with Gasteiger partial charge in [-0.1, -0.05) is 0 Å². The summed E-state index contributed by atoms with van der Waals surface area (Å²) in [5.74, 6) is 0.831. The highest BCUT2D eigenvalue weighted by molar-refractivity contribution is 5.75. The van der Waals surface area contributed by atoms with Crippen molar-refractivity contribution in [2.24, 2.45) is 0 Å². The van der Waals surface area contributed by atoms with Crippen molar-refractivity contribution in [1.29, 1.82) is 0 Å². The van der Waals surface area contributed by atoms with Gasteiger partial charge in [0.15, 0.2) is 0 Å². The minimum Gasteiger partial charge on any atom is -0.468 e. The lowest BCUT2D eigenvalue weighted by atomic mass is 10.2. The fourth-order valence-corrected chi connectivity index (χ4v) is 2.06. The van der Waals surface area contributed by atoms with E-state index in [1.54, 1.807) is 7.05 Å². The van der Waals surface area contributed by atoms with Gasteiger partial charge in [0.1, 0.15) is 11.9 Å². The Labute approximate surface area is 101 Å². The molecule has 1 aromatic heterocycles. The number of hydrogen-bond donors (Lipinski definition) is 1. The lowest BCUT2D eigenvalue weighted by Crippen LogP contribution is -2.47. The summed E-state index contributed by atoms with van der Waals surface area (Å²) in [6.07, 6.45) is 3.80. The van der Waals surface area contributed by atoms with Crippen LogP contribution < -0.4 is 5.32 Å². The molecular weight excluding hydrogens is 220 g/mol. The van der Waals surface area contributed by atoms with Gasteiger partial charge in [0.2, 0.25) is 0 Å². The van der Waals surface area contributed by atoms with Crippen LogP contribution in [0.4, 0.5) is 0 Å². The molecule has 6 nitrogen and oxygen atoms in total. The summed E-state index contributed by atoms with van der Waals surface area (Å²) in [5, 5.41) is 2.97. The summed E-state index contributed by atoms with van der Waals surface area (Å²) >= 11 is 0. The number of hydrogen-bond acceptors (Lipinski definition) is 5. The molecule has 0 fully saturated rings. The van der Waals surface area contributed by atoms with Crippen LogP contribution in [0.5, 0.6) is 0 Å². The highest BCUT2D eigenvalue weighted by Crippen LogP contribution is 2.10. The standard InChI is InChI=1S/C11H18N4O2/c1-12-9(11(16)17-2)7-14-5-6-15-4-3-13-10(15)8-14/h3-4,9,12H,5-8H2,1-2H3. The minimum atomic E-state index is -0.276. The van der Waals surface area contributed by atoms with Gasteiger partial charge in [-0.25, -0.2) is 4.98 Å². The molecule has 1 unspecified atom stereocenters. The molecular formula is C11H18N4O2. The monoisotopic (exact) mass is 238 g/mol. The first-order valence-electron chi connectivity index (χ1n) is 5.72. The number of ether oxygens (including phenoxy) is 1. The molecule has 1 aliphatic heterocycles. The molecule has 0 aliphatic carbocycles. The third kappa shape index (κ3) is 2.65. The van der Waals surface area contributed by atoms with Crippen molar-refractivity contribution in [3.8, 4) is 0 Å². The quantitative estimate of drug-likeness (QED) is 0.714. The zero-order chi connectivity index (χ0) is 12.3. The molecule has 1 atom stereocenters. The fraction of sp³-hybridized carbons (Fsp3) is 0.636. The van der Waals surface area contributed by atoms with Crippen molar-refractivity contribution in [1.82, 2.24) is 19.8 Å². The molecule has 2 heterocycles. The molecule has 1 N–H and O–H groups in total. The number of aromatic nitrogens is 2. The number of methoxy groups -OCH3 is 1. The Hall–Kier alpha value is -1.40. The lowest BCUT2D eigenvalue weighted by Gasteiger charge is -2.29. The average molecular weight is 238 g/mol. The van der Waals surface area contributed by atoms with E-state index in [1.807, 2.05) is 12.4 Å². The van der Waals surface area contributed by atoms with Crippen LogP contribution in [0.25, 0.3) is 0 Å². The van der Waals surface area contributed by atoms with Gasteiger partial charge in [0, 0.05) is 32.0 Å². The Balaban J connectivity index is 1.94. The Morgan fingerprint density at radius 2 is 2.47 bits per heavy atom. The molecule has 1 aromatic rings. The molecule has 17 heavy (non-hydrogen) atoms. The van der Waals surface area contributed by atoms with Crippen molar-refractivity contribution in [2.75, 3.05) is 27.2 Å². The Morgan fingerprint density at radius 3 is 3.18 bits per heavy atom. The summed E-state index contributed by atoms with van der Waals surface area (Å²) in [5.41, 5.74) is 0. The van der Waals surface area contributed by atoms with E-state index in [2.05, 4.69) is 19.8 Å². The summed E-state index contributed by atoms with van der Waals surface area (Å²) in [4.78, 5) is 18.0. The van der Waals surface area contributed by atoms with Crippen LogP contribution in [0.1, 0.15) is 5.82 Å². The molecule has 0 bridgehead atoms. The maximum Gasteiger partial charge on any atom is 0.324 e. The smallest absolute Gasteiger partial charge is 0.324 e. The van der Waals surface area contributed by atoms with Gasteiger partial charge in [-0.15, -0.1) is 0 Å². The van der Waals surface area contributed by atoms with Gasteiger partial charge in [0.05, 0.1) is 13.7 Å². The zero-order valence-electron chi connectivity index (χ0n) is 10.2. The second-order valence-corrected chi connectivity index (χ2v) is 4.14. The minimum absolute atomic E-state index is 0.221. The third-order valence-electron chi connectivity index (χ3n) is 3.10. The molecule has 0 aromatic carbocycles. The number of likely N-dealkylation sites (N-methyl/N-ethyl adjacent to an activating group) is 1. The van der Waals surface area contributed by atoms with E-state index in [1.165, 1.54) is 7.11 Å². The molecule has 0 amide bonds. The molecule has 94 valence electrons. The van der Waals surface area contributed by atoms with Gasteiger partial charge in [0.25, 0.3) is 0 Å². The number of rotatable bonds is 4. The summed E-state index contributed by atoms with van der Waals surface area (Å²) in [7, 11) is 3.18. The fourth-order valence-electron chi connectivity index (χ4n) is 2.06. The number of carbonyl (C=O) groups is 1. The van der Waals surface area contributed by atoms with E-state index in [4.69, 9.17) is 4.74 Å². The number of fused-ring (bicyclic) bond motifs is 1. The predicted octanol–water partition coefficient (Wildman–Crippen LogP) is -0.540. The van der Waals surface area contributed by atoms with Crippen LogP contribution in [0.15, 0.2) is 12.4 Å². The van der Waals surface area contributed by atoms with Crippen LogP contribution >= 0.6 is 0 Å². The van der Waals surface area contributed by atoms with E-state index >= 15 is 0 Å². The highest BCUT2D eigenvalue weighted by Gasteiger charge is 2.23. The number of imidazole rings is 1. The van der Waals surface area contributed by atoms with E-state index in [9.17, 15) is 4.79 Å². The summed E-state index contributed by atoms with van der Waals surface area (Å²) < 4.78 is 6.89. The van der Waals surface area contributed by atoms with Crippen LogP contribution in [0, 0.1) is 0 Å². The van der Waals surface area contributed by atoms with Gasteiger partial charge in [-0.05, 0) is 7.05 Å². The van der Waals surface area contributed by atoms with Crippen molar-refractivity contribution in [3.63, 3.8) is 0 Å². The van der Waals surface area contributed by atoms with Crippen LogP contribution in [-0.4, -0.2) is 53.7 Å². The molecule has 2 rings (SSSR count). The summed E-state index contributed by atoms with van der Waals surface area (Å²) in [6.45, 7) is 3.28. The lowest BCUT2D eigenvalue weighted by molar-refractivity contribution is -0.143. The number of esters is 1. The van der Waals surface area contributed by atoms with Crippen molar-refractivity contribution in [2.45, 2.75) is 19.1 Å². The van der Waals surface area contributed by atoms with Crippen LogP contribution in [0.2, 0.25) is 0 Å². The first-order valence-corrected chi connectivity index (χ1v) is 5.72. The zero-order valence-corrected chi connectivity index (χ0v) is 10.2. The molecule has 0 saturated heterocycles. The normalized spacial score (nSPS) is 17.5. The predicted molar refractivity (Wildman–Crippen MR) is 62.4 cm³/mol. The van der Waals surface area contributed by atoms with Crippen LogP contribution in [0.3, 0.4) is 0 Å². The number of nitrogens with one attached hydrogen (secondary N) is 1. The van der Waals surface area contributed by atoms with E-state index < -0.39 is 0 Å². The maximum absolute atomic E-state index is 11.5.